The first kappa shape index (κ1) is 14.1. The third-order valence-corrected chi connectivity index (χ3v) is 3.76. The van der Waals surface area contributed by atoms with E-state index < -0.39 is 0 Å². The zero-order valence-electron chi connectivity index (χ0n) is 11.6. The number of nitrogens with zero attached hydrogens (tertiary/aromatic N) is 2. The van der Waals surface area contributed by atoms with Crippen molar-refractivity contribution >= 4 is 28.6 Å². The molecule has 2 rings (SSSR count). The Morgan fingerprint density at radius 1 is 1.05 bits per heavy atom. The predicted octanol–water partition coefficient (Wildman–Crippen LogP) is 3.88. The molecule has 1 aromatic heterocycles. The summed E-state index contributed by atoms with van der Waals surface area (Å²) in [4.78, 5) is 9.21. The lowest BCUT2D eigenvalue weighted by molar-refractivity contribution is 0.747. The molecule has 0 bridgehead atoms. The van der Waals surface area contributed by atoms with Gasteiger partial charge in [-0.25, -0.2) is 9.97 Å². The van der Waals surface area contributed by atoms with Gasteiger partial charge in [-0.05, 0) is 43.9 Å². The largest absolute Gasteiger partial charge is 0.369 e. The minimum Gasteiger partial charge on any atom is -0.369 e. The summed E-state index contributed by atoms with van der Waals surface area (Å²) in [6.07, 6.45) is 5.92. The van der Waals surface area contributed by atoms with E-state index >= 15 is 0 Å². The SMILES string of the molecule is CSCCCCCNc1nc2ccccc2nc1C. The molecule has 102 valence electrons. The highest BCUT2D eigenvalue weighted by molar-refractivity contribution is 7.98. The first-order valence-electron chi connectivity index (χ1n) is 6.77. The number of unbranched alkanes of at least 4 members (excludes halogenated alkanes) is 2. The Bertz CT molecular complexity index is 528. The minimum absolute atomic E-state index is 0.920. The number of para-hydroxylation sites is 2. The van der Waals surface area contributed by atoms with Crippen LogP contribution in [0.25, 0.3) is 11.0 Å². The molecule has 0 aliphatic heterocycles. The number of aryl methyl sites for hydroxylation is 1. The van der Waals surface area contributed by atoms with Gasteiger partial charge in [0.15, 0.2) is 0 Å². The van der Waals surface area contributed by atoms with Crippen LogP contribution in [0.1, 0.15) is 25.0 Å². The maximum Gasteiger partial charge on any atom is 0.148 e. The molecule has 1 heterocycles. The molecule has 2 aromatic rings. The summed E-state index contributed by atoms with van der Waals surface area (Å²) >= 11 is 1.92. The molecule has 3 nitrogen and oxygen atoms in total. The van der Waals surface area contributed by atoms with Crippen molar-refractivity contribution in [2.24, 2.45) is 0 Å². The van der Waals surface area contributed by atoms with Crippen LogP contribution in [-0.2, 0) is 0 Å². The second-order valence-corrected chi connectivity index (χ2v) is 5.61. The normalized spacial score (nSPS) is 10.8. The predicted molar refractivity (Wildman–Crippen MR) is 85.0 cm³/mol. The zero-order valence-corrected chi connectivity index (χ0v) is 12.5. The second-order valence-electron chi connectivity index (χ2n) is 4.63. The summed E-state index contributed by atoms with van der Waals surface area (Å²) in [5, 5.41) is 3.40. The first-order chi connectivity index (χ1) is 9.31. The molecule has 0 aliphatic carbocycles. The maximum absolute atomic E-state index is 4.63. The van der Waals surface area contributed by atoms with Crippen LogP contribution in [0.2, 0.25) is 0 Å². The highest BCUT2D eigenvalue weighted by atomic mass is 32.2. The van der Waals surface area contributed by atoms with Crippen LogP contribution in [0.4, 0.5) is 5.82 Å². The number of hydrogen-bond acceptors (Lipinski definition) is 4. The molecule has 0 saturated carbocycles. The Balaban J connectivity index is 1.91. The molecular formula is C15H21N3S. The van der Waals surface area contributed by atoms with Crippen molar-refractivity contribution in [3.8, 4) is 0 Å². The van der Waals surface area contributed by atoms with Crippen LogP contribution >= 0.6 is 11.8 Å². The third-order valence-electron chi connectivity index (χ3n) is 3.06. The van der Waals surface area contributed by atoms with Crippen molar-refractivity contribution in [3.05, 3.63) is 30.0 Å². The van der Waals surface area contributed by atoms with E-state index in [1.807, 2.05) is 43.0 Å². The molecule has 1 aromatic carbocycles. The van der Waals surface area contributed by atoms with Gasteiger partial charge in [0.1, 0.15) is 5.82 Å². The molecule has 0 saturated heterocycles. The average Bonchev–Trinajstić information content (AvgIpc) is 2.43. The average molecular weight is 275 g/mol. The van der Waals surface area contributed by atoms with Crippen LogP contribution in [0.15, 0.2) is 24.3 Å². The number of nitrogens with one attached hydrogen (secondary N) is 1. The van der Waals surface area contributed by atoms with E-state index in [1.54, 1.807) is 0 Å². The summed E-state index contributed by atoms with van der Waals surface area (Å²) in [6, 6.07) is 8.00. The zero-order chi connectivity index (χ0) is 13.5. The molecule has 0 radical (unpaired) electrons. The van der Waals surface area contributed by atoms with Crippen molar-refractivity contribution in [1.29, 1.82) is 0 Å². The van der Waals surface area contributed by atoms with E-state index in [0.29, 0.717) is 0 Å². The lowest BCUT2D eigenvalue weighted by atomic mass is 10.2. The van der Waals surface area contributed by atoms with Gasteiger partial charge in [0.2, 0.25) is 0 Å². The number of thioether (sulfide) groups is 1. The first-order valence-corrected chi connectivity index (χ1v) is 8.17. The van der Waals surface area contributed by atoms with E-state index in [2.05, 4.69) is 21.5 Å². The van der Waals surface area contributed by atoms with Gasteiger partial charge in [0.25, 0.3) is 0 Å². The van der Waals surface area contributed by atoms with Gasteiger partial charge in [-0.3, -0.25) is 0 Å². The molecule has 19 heavy (non-hydrogen) atoms. The molecule has 0 fully saturated rings. The number of rotatable bonds is 7. The Hall–Kier alpha value is -1.29. The standard InChI is InChI=1S/C15H21N3S/c1-12-15(16-10-6-3-7-11-19-2)18-14-9-5-4-8-13(14)17-12/h4-5,8-9H,3,6-7,10-11H2,1-2H3,(H,16,18). The number of aromatic nitrogens is 2. The number of fused-ring (bicyclic) bond motifs is 1. The molecule has 4 heteroatoms. The third kappa shape index (κ3) is 4.10. The highest BCUT2D eigenvalue weighted by Crippen LogP contribution is 2.16. The van der Waals surface area contributed by atoms with Crippen LogP contribution in [0.3, 0.4) is 0 Å². The van der Waals surface area contributed by atoms with Gasteiger partial charge in [-0.2, -0.15) is 11.8 Å². The Morgan fingerprint density at radius 3 is 2.53 bits per heavy atom. The number of hydrogen-bond donors (Lipinski definition) is 1. The van der Waals surface area contributed by atoms with E-state index in [1.165, 1.54) is 25.0 Å². The van der Waals surface area contributed by atoms with Crippen molar-refractivity contribution in [1.82, 2.24) is 9.97 Å². The van der Waals surface area contributed by atoms with Gasteiger partial charge in [0.05, 0.1) is 16.7 Å². The molecular weight excluding hydrogens is 254 g/mol. The molecule has 0 atom stereocenters. The lowest BCUT2D eigenvalue weighted by Gasteiger charge is -2.09. The van der Waals surface area contributed by atoms with E-state index in [0.717, 1.165) is 29.1 Å². The molecule has 0 aliphatic rings. The van der Waals surface area contributed by atoms with Gasteiger partial charge in [-0.1, -0.05) is 18.6 Å². The van der Waals surface area contributed by atoms with Crippen LogP contribution in [0.5, 0.6) is 0 Å². The fourth-order valence-corrected chi connectivity index (χ4v) is 2.50. The molecule has 1 N–H and O–H groups in total. The topological polar surface area (TPSA) is 37.8 Å². The van der Waals surface area contributed by atoms with E-state index in [-0.39, 0.29) is 0 Å². The monoisotopic (exact) mass is 275 g/mol. The summed E-state index contributed by atoms with van der Waals surface area (Å²) in [5.41, 5.74) is 2.89. The van der Waals surface area contributed by atoms with Gasteiger partial charge in [0, 0.05) is 6.54 Å². The van der Waals surface area contributed by atoms with E-state index in [4.69, 9.17) is 0 Å². The number of anilines is 1. The van der Waals surface area contributed by atoms with Crippen LogP contribution in [-0.4, -0.2) is 28.5 Å². The quantitative estimate of drug-likeness (QED) is 0.778. The molecule has 0 amide bonds. The van der Waals surface area contributed by atoms with Gasteiger partial charge in [-0.15, -0.1) is 0 Å². The van der Waals surface area contributed by atoms with Gasteiger partial charge < -0.3 is 5.32 Å². The Labute approximate surface area is 119 Å². The lowest BCUT2D eigenvalue weighted by Crippen LogP contribution is -2.06. The van der Waals surface area contributed by atoms with Crippen molar-refractivity contribution in [2.75, 3.05) is 23.9 Å². The van der Waals surface area contributed by atoms with Crippen molar-refractivity contribution in [3.63, 3.8) is 0 Å². The number of benzene rings is 1. The summed E-state index contributed by atoms with van der Waals surface area (Å²) in [5.74, 6) is 2.18. The van der Waals surface area contributed by atoms with Crippen LogP contribution in [0, 0.1) is 6.92 Å². The highest BCUT2D eigenvalue weighted by Gasteiger charge is 2.03. The fraction of sp³-hybridized carbons (Fsp3) is 0.467. The summed E-state index contributed by atoms with van der Waals surface area (Å²) < 4.78 is 0. The fourth-order valence-electron chi connectivity index (χ4n) is 2.01. The smallest absolute Gasteiger partial charge is 0.148 e. The summed E-state index contributed by atoms with van der Waals surface area (Å²) in [7, 11) is 0. The molecule has 0 spiro atoms. The Kier molecular flexibility index (Phi) is 5.45. The second kappa shape index (κ2) is 7.34. The van der Waals surface area contributed by atoms with E-state index in [9.17, 15) is 0 Å². The van der Waals surface area contributed by atoms with Gasteiger partial charge >= 0.3 is 0 Å². The molecule has 0 unspecified atom stereocenters. The van der Waals surface area contributed by atoms with Crippen molar-refractivity contribution < 1.29 is 0 Å². The van der Waals surface area contributed by atoms with Crippen molar-refractivity contribution in [2.45, 2.75) is 26.2 Å². The minimum atomic E-state index is 0.920. The maximum atomic E-state index is 4.63. The Morgan fingerprint density at radius 2 is 1.79 bits per heavy atom. The summed E-state index contributed by atoms with van der Waals surface area (Å²) in [6.45, 7) is 2.98. The van der Waals surface area contributed by atoms with Crippen LogP contribution < -0.4 is 5.32 Å².